The lowest BCUT2D eigenvalue weighted by Crippen LogP contribution is -2.22. The molecule has 1 atom stereocenters. The molecular weight excluding hydrogens is 254 g/mol. The number of carboxylic acid groups (broad SMARTS) is 1. The Kier molecular flexibility index (Phi) is 4.86. The average molecular weight is 271 g/mol. The van der Waals surface area contributed by atoms with Crippen molar-refractivity contribution in [3.63, 3.8) is 0 Å². The molecule has 6 heteroatoms. The van der Waals surface area contributed by atoms with Crippen LogP contribution in [-0.2, 0) is 14.8 Å². The third kappa shape index (κ3) is 3.08. The Morgan fingerprint density at radius 1 is 1.39 bits per heavy atom. The van der Waals surface area contributed by atoms with Crippen molar-refractivity contribution in [2.75, 3.05) is 7.05 Å². The van der Waals surface area contributed by atoms with E-state index < -0.39 is 21.9 Å². The second-order valence-corrected chi connectivity index (χ2v) is 5.78. The lowest BCUT2D eigenvalue weighted by atomic mass is 9.95. The van der Waals surface area contributed by atoms with Gasteiger partial charge in [0.25, 0.3) is 0 Å². The second kappa shape index (κ2) is 5.97. The van der Waals surface area contributed by atoms with Crippen LogP contribution >= 0.6 is 0 Å². The Labute approximate surface area is 107 Å². The first-order valence-electron chi connectivity index (χ1n) is 5.69. The molecule has 0 aliphatic carbocycles. The first kappa shape index (κ1) is 14.7. The normalized spacial score (nSPS) is 13.2. The van der Waals surface area contributed by atoms with Gasteiger partial charge in [0.2, 0.25) is 10.0 Å². The summed E-state index contributed by atoms with van der Waals surface area (Å²) in [5.74, 6) is -1.80. The Bertz CT molecular complexity index is 525. The van der Waals surface area contributed by atoms with Gasteiger partial charge in [-0.2, -0.15) is 0 Å². The van der Waals surface area contributed by atoms with Crippen molar-refractivity contribution in [1.82, 2.24) is 4.72 Å². The summed E-state index contributed by atoms with van der Waals surface area (Å²) in [6.45, 7) is 1.87. The van der Waals surface area contributed by atoms with E-state index in [0.717, 1.165) is 0 Å². The van der Waals surface area contributed by atoms with Gasteiger partial charge in [-0.1, -0.05) is 31.5 Å². The number of sulfonamides is 1. The molecule has 0 radical (unpaired) electrons. The molecular formula is C12H17NO4S. The van der Waals surface area contributed by atoms with Crippen LogP contribution < -0.4 is 4.72 Å². The summed E-state index contributed by atoms with van der Waals surface area (Å²) < 4.78 is 25.9. The average Bonchev–Trinajstić information content (AvgIpc) is 2.35. The molecule has 0 aliphatic heterocycles. The van der Waals surface area contributed by atoms with Gasteiger partial charge in [-0.3, -0.25) is 4.79 Å². The minimum Gasteiger partial charge on any atom is -0.481 e. The van der Waals surface area contributed by atoms with Crippen molar-refractivity contribution in [2.45, 2.75) is 30.6 Å². The van der Waals surface area contributed by atoms with E-state index in [1.165, 1.54) is 13.1 Å². The zero-order chi connectivity index (χ0) is 13.8. The summed E-state index contributed by atoms with van der Waals surface area (Å²) in [5.41, 5.74) is 0.334. The van der Waals surface area contributed by atoms with Gasteiger partial charge in [0, 0.05) is 0 Å². The van der Waals surface area contributed by atoms with Gasteiger partial charge in [-0.05, 0) is 25.1 Å². The fraction of sp³-hybridized carbons (Fsp3) is 0.417. The predicted molar refractivity (Wildman–Crippen MR) is 68.0 cm³/mol. The molecule has 1 unspecified atom stereocenters. The molecule has 0 aromatic heterocycles. The molecule has 18 heavy (non-hydrogen) atoms. The number of nitrogens with one attached hydrogen (secondary N) is 1. The standard InChI is InChI=1S/C12H17NO4S/c1-3-6-10(12(14)15)9-7-4-5-8-11(9)18(16,17)13-2/h4-5,7-8,10,13H,3,6H2,1-2H3,(H,14,15). The molecule has 0 heterocycles. The van der Waals surface area contributed by atoms with Gasteiger partial charge in [0.15, 0.2) is 0 Å². The smallest absolute Gasteiger partial charge is 0.311 e. The van der Waals surface area contributed by atoms with E-state index in [1.807, 2.05) is 6.92 Å². The van der Waals surface area contributed by atoms with Crippen LogP contribution in [0.1, 0.15) is 31.2 Å². The summed E-state index contributed by atoms with van der Waals surface area (Å²) in [4.78, 5) is 11.3. The molecule has 0 aliphatic rings. The third-order valence-corrected chi connectivity index (χ3v) is 4.22. The van der Waals surface area contributed by atoms with Crippen molar-refractivity contribution in [1.29, 1.82) is 0 Å². The fourth-order valence-corrected chi connectivity index (χ4v) is 2.82. The van der Waals surface area contributed by atoms with E-state index in [0.29, 0.717) is 18.4 Å². The van der Waals surface area contributed by atoms with E-state index >= 15 is 0 Å². The van der Waals surface area contributed by atoms with Gasteiger partial charge < -0.3 is 5.11 Å². The monoisotopic (exact) mass is 271 g/mol. The van der Waals surface area contributed by atoms with Gasteiger partial charge in [-0.25, -0.2) is 13.1 Å². The lowest BCUT2D eigenvalue weighted by Gasteiger charge is -2.15. The van der Waals surface area contributed by atoms with Crippen LogP contribution in [0.15, 0.2) is 29.2 Å². The van der Waals surface area contributed by atoms with E-state index in [4.69, 9.17) is 0 Å². The fourth-order valence-electron chi connectivity index (χ4n) is 1.82. The van der Waals surface area contributed by atoms with Crippen LogP contribution in [0.3, 0.4) is 0 Å². The highest BCUT2D eigenvalue weighted by atomic mass is 32.2. The molecule has 5 nitrogen and oxygen atoms in total. The first-order chi connectivity index (χ1) is 8.44. The maximum absolute atomic E-state index is 11.8. The number of carbonyl (C=O) groups is 1. The third-order valence-electron chi connectivity index (χ3n) is 2.73. The van der Waals surface area contributed by atoms with Gasteiger partial charge in [0.1, 0.15) is 0 Å². The molecule has 2 N–H and O–H groups in total. The first-order valence-corrected chi connectivity index (χ1v) is 7.17. The highest BCUT2D eigenvalue weighted by molar-refractivity contribution is 7.89. The quantitative estimate of drug-likeness (QED) is 0.822. The Morgan fingerprint density at radius 3 is 2.50 bits per heavy atom. The molecule has 0 spiro atoms. The molecule has 0 bridgehead atoms. The zero-order valence-corrected chi connectivity index (χ0v) is 11.2. The minimum absolute atomic E-state index is 0.0355. The van der Waals surface area contributed by atoms with Crippen LogP contribution in [-0.4, -0.2) is 26.5 Å². The number of hydrogen-bond donors (Lipinski definition) is 2. The maximum atomic E-state index is 11.8. The predicted octanol–water partition coefficient (Wildman–Crippen LogP) is 1.56. The van der Waals surface area contributed by atoms with Crippen LogP contribution in [0.4, 0.5) is 0 Å². The van der Waals surface area contributed by atoms with Gasteiger partial charge in [0.05, 0.1) is 10.8 Å². The number of hydrogen-bond acceptors (Lipinski definition) is 3. The molecule has 0 saturated heterocycles. The number of aliphatic carboxylic acids is 1. The van der Waals surface area contributed by atoms with Gasteiger partial charge >= 0.3 is 5.97 Å². The number of benzene rings is 1. The summed E-state index contributed by atoms with van der Waals surface area (Å²) in [7, 11) is -2.33. The second-order valence-electron chi connectivity index (χ2n) is 3.92. The summed E-state index contributed by atoms with van der Waals surface area (Å²) >= 11 is 0. The van der Waals surface area contributed by atoms with Crippen molar-refractivity contribution >= 4 is 16.0 Å². The van der Waals surface area contributed by atoms with Crippen LogP contribution in [0.5, 0.6) is 0 Å². The highest BCUT2D eigenvalue weighted by Crippen LogP contribution is 2.27. The lowest BCUT2D eigenvalue weighted by molar-refractivity contribution is -0.139. The molecule has 0 saturated carbocycles. The molecule has 0 fully saturated rings. The SMILES string of the molecule is CCCC(C(=O)O)c1ccccc1S(=O)(=O)NC. The summed E-state index contributed by atoms with van der Waals surface area (Å²) in [6, 6.07) is 6.21. The zero-order valence-electron chi connectivity index (χ0n) is 10.4. The maximum Gasteiger partial charge on any atom is 0.311 e. The van der Waals surface area contributed by atoms with E-state index in [2.05, 4.69) is 4.72 Å². The Hall–Kier alpha value is -1.40. The minimum atomic E-state index is -3.64. The van der Waals surface area contributed by atoms with Crippen molar-refractivity contribution < 1.29 is 18.3 Å². The van der Waals surface area contributed by atoms with Gasteiger partial charge in [-0.15, -0.1) is 0 Å². The molecule has 1 rings (SSSR count). The highest BCUT2D eigenvalue weighted by Gasteiger charge is 2.26. The number of rotatable bonds is 6. The summed E-state index contributed by atoms with van der Waals surface area (Å²) in [5, 5.41) is 9.21. The molecule has 100 valence electrons. The Balaban J connectivity index is 3.36. The van der Waals surface area contributed by atoms with Crippen molar-refractivity contribution in [2.24, 2.45) is 0 Å². The van der Waals surface area contributed by atoms with E-state index in [9.17, 15) is 18.3 Å². The molecule has 1 aromatic carbocycles. The summed E-state index contributed by atoms with van der Waals surface area (Å²) in [6.07, 6.45) is 1.08. The topological polar surface area (TPSA) is 83.5 Å². The van der Waals surface area contributed by atoms with Crippen LogP contribution in [0, 0.1) is 0 Å². The van der Waals surface area contributed by atoms with Crippen LogP contribution in [0.25, 0.3) is 0 Å². The van der Waals surface area contributed by atoms with E-state index in [-0.39, 0.29) is 4.90 Å². The number of carboxylic acids is 1. The largest absolute Gasteiger partial charge is 0.481 e. The molecule has 0 amide bonds. The Morgan fingerprint density at radius 2 is 2.00 bits per heavy atom. The van der Waals surface area contributed by atoms with Crippen molar-refractivity contribution in [3.8, 4) is 0 Å². The van der Waals surface area contributed by atoms with Crippen LogP contribution in [0.2, 0.25) is 0 Å². The molecule has 1 aromatic rings. The van der Waals surface area contributed by atoms with E-state index in [1.54, 1.807) is 18.2 Å². The van der Waals surface area contributed by atoms with Crippen molar-refractivity contribution in [3.05, 3.63) is 29.8 Å².